The van der Waals surface area contributed by atoms with E-state index >= 15 is 0 Å². The topological polar surface area (TPSA) is 104 Å². The highest BCUT2D eigenvalue weighted by molar-refractivity contribution is 6.13. The highest BCUT2D eigenvalue weighted by Crippen LogP contribution is 2.22. The van der Waals surface area contributed by atoms with Crippen LogP contribution < -0.4 is 15.4 Å². The van der Waals surface area contributed by atoms with Crippen molar-refractivity contribution in [2.75, 3.05) is 43.9 Å². The van der Waals surface area contributed by atoms with Crippen molar-refractivity contribution in [1.82, 2.24) is 19.9 Å². The molecule has 0 aromatic carbocycles. The summed E-state index contributed by atoms with van der Waals surface area (Å²) in [5.74, 6) is 1.28. The molecule has 3 N–H and O–H groups in total. The van der Waals surface area contributed by atoms with Gasteiger partial charge in [0, 0.05) is 43.9 Å². The second-order valence-corrected chi connectivity index (χ2v) is 6.70. The molecule has 1 aliphatic heterocycles. The third-order valence-electron chi connectivity index (χ3n) is 4.27. The number of nitrogen functional groups attached to an aromatic ring is 1. The monoisotopic (exact) mass is 355 g/mol. The van der Waals surface area contributed by atoms with Gasteiger partial charge >= 0.3 is 0 Å². The lowest BCUT2D eigenvalue weighted by molar-refractivity contribution is 0.232. The fourth-order valence-corrected chi connectivity index (χ4v) is 2.80. The Morgan fingerprint density at radius 2 is 1.88 bits per heavy atom. The van der Waals surface area contributed by atoms with E-state index in [0.29, 0.717) is 22.8 Å². The van der Waals surface area contributed by atoms with Gasteiger partial charge in [-0.1, -0.05) is 0 Å². The Morgan fingerprint density at radius 3 is 2.58 bits per heavy atom. The number of nitrogens with two attached hydrogens (primary N) is 1. The number of ether oxygens (including phenoxy) is 1. The smallest absolute Gasteiger partial charge is 0.214 e. The highest BCUT2D eigenvalue weighted by Gasteiger charge is 2.18. The molecule has 8 nitrogen and oxygen atoms in total. The standard InChI is InChI=1S/C18H25N7O/c1-12(2)26-17-8-13(14(19)10-21-17)18(20)15-9-16(23-11-22-15)25-6-4-24(3)5-7-25/h8-12,20H,4-7,19H2,1-3H3. The van der Waals surface area contributed by atoms with Gasteiger partial charge in [0.25, 0.3) is 0 Å². The Morgan fingerprint density at radius 1 is 1.15 bits per heavy atom. The molecule has 0 unspecified atom stereocenters. The Balaban J connectivity index is 1.85. The molecule has 138 valence electrons. The molecular formula is C18H25N7O. The number of aromatic nitrogens is 3. The van der Waals surface area contributed by atoms with Gasteiger partial charge < -0.3 is 20.3 Å². The van der Waals surface area contributed by atoms with Gasteiger partial charge in [0.15, 0.2) is 0 Å². The van der Waals surface area contributed by atoms with E-state index in [1.54, 1.807) is 6.07 Å². The largest absolute Gasteiger partial charge is 0.475 e. The maximum atomic E-state index is 8.55. The van der Waals surface area contributed by atoms with Crippen LogP contribution in [0, 0.1) is 5.41 Å². The van der Waals surface area contributed by atoms with Crippen LogP contribution in [0.3, 0.4) is 0 Å². The van der Waals surface area contributed by atoms with E-state index in [-0.39, 0.29) is 11.8 Å². The van der Waals surface area contributed by atoms with E-state index in [1.807, 2.05) is 19.9 Å². The number of hydrogen-bond donors (Lipinski definition) is 2. The average molecular weight is 355 g/mol. The van der Waals surface area contributed by atoms with Crippen molar-refractivity contribution in [3.05, 3.63) is 35.9 Å². The molecular weight excluding hydrogens is 330 g/mol. The summed E-state index contributed by atoms with van der Waals surface area (Å²) in [4.78, 5) is 17.3. The lowest BCUT2D eigenvalue weighted by atomic mass is 10.1. The Kier molecular flexibility index (Phi) is 5.32. The van der Waals surface area contributed by atoms with Gasteiger partial charge in [-0.15, -0.1) is 0 Å². The molecule has 0 spiro atoms. The van der Waals surface area contributed by atoms with Crippen molar-refractivity contribution in [2.45, 2.75) is 20.0 Å². The summed E-state index contributed by atoms with van der Waals surface area (Å²) in [5, 5.41) is 8.55. The van der Waals surface area contributed by atoms with Crippen LogP contribution in [0.5, 0.6) is 5.88 Å². The fraction of sp³-hybridized carbons (Fsp3) is 0.444. The summed E-state index contributed by atoms with van der Waals surface area (Å²) in [7, 11) is 2.11. The summed E-state index contributed by atoms with van der Waals surface area (Å²) < 4.78 is 5.62. The molecule has 2 aromatic heterocycles. The fourth-order valence-electron chi connectivity index (χ4n) is 2.80. The minimum absolute atomic E-state index is 0.00366. The first-order valence-corrected chi connectivity index (χ1v) is 8.71. The third kappa shape index (κ3) is 4.08. The lowest BCUT2D eigenvalue weighted by Crippen LogP contribution is -2.44. The van der Waals surface area contributed by atoms with Crippen LogP contribution in [0.15, 0.2) is 24.7 Å². The van der Waals surface area contributed by atoms with Crippen LogP contribution in [0.4, 0.5) is 11.5 Å². The van der Waals surface area contributed by atoms with E-state index < -0.39 is 0 Å². The van der Waals surface area contributed by atoms with Crippen molar-refractivity contribution in [1.29, 1.82) is 5.41 Å². The molecule has 1 aliphatic rings. The molecule has 3 rings (SSSR count). The maximum Gasteiger partial charge on any atom is 0.214 e. The predicted molar refractivity (Wildman–Crippen MR) is 102 cm³/mol. The van der Waals surface area contributed by atoms with E-state index in [0.717, 1.165) is 32.0 Å². The number of nitrogens with zero attached hydrogens (tertiary/aromatic N) is 5. The van der Waals surface area contributed by atoms with Crippen molar-refractivity contribution in [3.63, 3.8) is 0 Å². The molecule has 3 heterocycles. The molecule has 0 saturated carbocycles. The first-order valence-electron chi connectivity index (χ1n) is 8.71. The molecule has 1 saturated heterocycles. The summed E-state index contributed by atoms with van der Waals surface area (Å²) in [6.07, 6.45) is 3.01. The summed E-state index contributed by atoms with van der Waals surface area (Å²) in [5.41, 5.74) is 7.78. The van der Waals surface area contributed by atoms with Crippen LogP contribution in [0.25, 0.3) is 0 Å². The van der Waals surface area contributed by atoms with Crippen molar-refractivity contribution in [2.24, 2.45) is 0 Å². The predicted octanol–water partition coefficient (Wildman–Crippen LogP) is 1.41. The van der Waals surface area contributed by atoms with Crippen LogP contribution in [0.2, 0.25) is 0 Å². The summed E-state index contributed by atoms with van der Waals surface area (Å²) in [6, 6.07) is 3.53. The summed E-state index contributed by atoms with van der Waals surface area (Å²) in [6.45, 7) is 7.65. The van der Waals surface area contributed by atoms with Gasteiger partial charge in [-0.25, -0.2) is 15.0 Å². The van der Waals surface area contributed by atoms with E-state index in [9.17, 15) is 0 Å². The molecule has 0 amide bonds. The molecule has 26 heavy (non-hydrogen) atoms. The first kappa shape index (κ1) is 18.1. The molecule has 0 aliphatic carbocycles. The van der Waals surface area contributed by atoms with Crippen molar-refractivity contribution < 1.29 is 4.74 Å². The Hall–Kier alpha value is -2.74. The minimum Gasteiger partial charge on any atom is -0.475 e. The first-order chi connectivity index (χ1) is 12.4. The highest BCUT2D eigenvalue weighted by atomic mass is 16.5. The number of pyridine rings is 1. The SMILES string of the molecule is CC(C)Oc1cc(C(=N)c2cc(N3CCN(C)CC3)ncn2)c(N)cn1. The van der Waals surface area contributed by atoms with Crippen LogP contribution >= 0.6 is 0 Å². The maximum absolute atomic E-state index is 8.55. The average Bonchev–Trinajstić information content (AvgIpc) is 2.63. The number of rotatable bonds is 5. The van der Waals surface area contributed by atoms with Crippen LogP contribution in [0.1, 0.15) is 25.1 Å². The van der Waals surface area contributed by atoms with E-state index in [1.165, 1.54) is 12.5 Å². The zero-order chi connectivity index (χ0) is 18.7. The number of anilines is 2. The van der Waals surface area contributed by atoms with E-state index in [4.69, 9.17) is 15.9 Å². The summed E-state index contributed by atoms with van der Waals surface area (Å²) >= 11 is 0. The zero-order valence-electron chi connectivity index (χ0n) is 15.4. The minimum atomic E-state index is -0.00366. The number of likely N-dealkylation sites (N-methyl/N-ethyl adjacent to an activating group) is 1. The van der Waals surface area contributed by atoms with Gasteiger partial charge in [0.2, 0.25) is 5.88 Å². The second kappa shape index (κ2) is 7.65. The Bertz CT molecular complexity index is 785. The number of hydrogen-bond acceptors (Lipinski definition) is 8. The van der Waals surface area contributed by atoms with Gasteiger partial charge in [0.05, 0.1) is 29.4 Å². The van der Waals surface area contributed by atoms with E-state index in [2.05, 4.69) is 31.8 Å². The van der Waals surface area contributed by atoms with Crippen LogP contribution in [-0.4, -0.2) is 64.9 Å². The normalized spacial score (nSPS) is 15.3. The Labute approximate surface area is 153 Å². The molecule has 0 radical (unpaired) electrons. The van der Waals surface area contributed by atoms with Crippen molar-refractivity contribution >= 4 is 17.2 Å². The van der Waals surface area contributed by atoms with Gasteiger partial charge in [-0.2, -0.15) is 0 Å². The lowest BCUT2D eigenvalue weighted by Gasteiger charge is -2.33. The van der Waals surface area contributed by atoms with Gasteiger partial charge in [-0.3, -0.25) is 5.41 Å². The number of nitrogens with one attached hydrogen (secondary N) is 1. The molecule has 0 bridgehead atoms. The van der Waals surface area contributed by atoms with Gasteiger partial charge in [-0.05, 0) is 20.9 Å². The molecule has 1 fully saturated rings. The zero-order valence-corrected chi connectivity index (χ0v) is 15.4. The molecule has 0 atom stereocenters. The van der Waals surface area contributed by atoms with Crippen molar-refractivity contribution in [3.8, 4) is 5.88 Å². The third-order valence-corrected chi connectivity index (χ3v) is 4.27. The van der Waals surface area contributed by atoms with Gasteiger partial charge in [0.1, 0.15) is 12.1 Å². The molecule has 8 heteroatoms. The number of piperazine rings is 1. The quantitative estimate of drug-likeness (QED) is 0.781. The molecule has 2 aromatic rings. The second-order valence-electron chi connectivity index (χ2n) is 6.70. The van der Waals surface area contributed by atoms with Crippen LogP contribution in [-0.2, 0) is 0 Å².